The molecule has 3 N–H and O–H groups in total. The van der Waals surface area contributed by atoms with Gasteiger partial charge in [-0.05, 0) is 24.6 Å². The Bertz CT molecular complexity index is 940. The van der Waals surface area contributed by atoms with Gasteiger partial charge in [-0.15, -0.1) is 0 Å². The fourth-order valence-corrected chi connectivity index (χ4v) is 4.61. The normalized spacial score (nSPS) is 18.4. The zero-order valence-electron chi connectivity index (χ0n) is 13.7. The lowest BCUT2D eigenvalue weighted by atomic mass is 10.1. The second kappa shape index (κ2) is 6.62. The number of aliphatic carboxylic acids is 1. The highest BCUT2D eigenvalue weighted by Crippen LogP contribution is 2.21. The molecule has 1 aliphatic heterocycles. The molecule has 3 rings (SSSR count). The first-order valence-electron chi connectivity index (χ1n) is 8.02. The van der Waals surface area contributed by atoms with Gasteiger partial charge in [0.1, 0.15) is 6.04 Å². The van der Waals surface area contributed by atoms with Crippen LogP contribution < -0.4 is 5.69 Å². The highest BCUT2D eigenvalue weighted by Gasteiger charge is 2.32. The summed E-state index contributed by atoms with van der Waals surface area (Å²) < 4.78 is 27.0. The van der Waals surface area contributed by atoms with Crippen LogP contribution in [0.4, 0.5) is 0 Å². The molecular weight excluding hydrogens is 348 g/mol. The predicted molar refractivity (Wildman–Crippen MR) is 91.0 cm³/mol. The number of aromatic amines is 2. The lowest BCUT2D eigenvalue weighted by Gasteiger charge is -2.36. The van der Waals surface area contributed by atoms with Crippen molar-refractivity contribution in [2.45, 2.75) is 24.3 Å². The molecular formula is C15H20N4O5S. The molecule has 9 nitrogen and oxygen atoms in total. The van der Waals surface area contributed by atoms with Crippen molar-refractivity contribution in [2.24, 2.45) is 0 Å². The Hall–Kier alpha value is -2.17. The Balaban J connectivity index is 1.79. The van der Waals surface area contributed by atoms with Crippen molar-refractivity contribution in [1.82, 2.24) is 19.2 Å². The van der Waals surface area contributed by atoms with E-state index < -0.39 is 27.7 Å². The first-order chi connectivity index (χ1) is 11.8. The molecule has 1 unspecified atom stereocenters. The SMILES string of the molecule is CCC(C(=O)O)N1CCN(S(=O)(=O)c2ccc3[nH]c(=O)[nH]c3c2)CC1. The summed E-state index contributed by atoms with van der Waals surface area (Å²) in [6, 6.07) is 3.85. The van der Waals surface area contributed by atoms with Crippen LogP contribution in [0.5, 0.6) is 0 Å². The van der Waals surface area contributed by atoms with Gasteiger partial charge in [-0.3, -0.25) is 9.69 Å². The zero-order chi connectivity index (χ0) is 18.2. The molecule has 10 heteroatoms. The highest BCUT2D eigenvalue weighted by atomic mass is 32.2. The number of nitrogens with zero attached hydrogens (tertiary/aromatic N) is 2. The van der Waals surface area contributed by atoms with Gasteiger partial charge in [-0.1, -0.05) is 6.92 Å². The number of carbonyl (C=O) groups is 1. The molecule has 1 aliphatic rings. The number of sulfonamides is 1. The summed E-state index contributed by atoms with van der Waals surface area (Å²) in [5, 5.41) is 9.23. The fourth-order valence-electron chi connectivity index (χ4n) is 3.17. The molecule has 0 bridgehead atoms. The van der Waals surface area contributed by atoms with Crippen molar-refractivity contribution in [1.29, 1.82) is 0 Å². The Morgan fingerprint density at radius 3 is 2.44 bits per heavy atom. The number of piperazine rings is 1. The molecule has 2 heterocycles. The molecule has 1 aromatic heterocycles. The highest BCUT2D eigenvalue weighted by molar-refractivity contribution is 7.89. The van der Waals surface area contributed by atoms with Crippen LogP contribution in [0.25, 0.3) is 11.0 Å². The number of carboxylic acids is 1. The number of imidazole rings is 1. The van der Waals surface area contributed by atoms with Crippen LogP contribution in [-0.2, 0) is 14.8 Å². The van der Waals surface area contributed by atoms with Crippen LogP contribution in [0.15, 0.2) is 27.9 Å². The van der Waals surface area contributed by atoms with Crippen molar-refractivity contribution in [3.63, 3.8) is 0 Å². The first-order valence-corrected chi connectivity index (χ1v) is 9.46. The number of hydrogen-bond donors (Lipinski definition) is 3. The van der Waals surface area contributed by atoms with Gasteiger partial charge in [-0.2, -0.15) is 4.31 Å². The third-order valence-electron chi connectivity index (χ3n) is 4.51. The lowest BCUT2D eigenvalue weighted by molar-refractivity contribution is -0.143. The van der Waals surface area contributed by atoms with E-state index >= 15 is 0 Å². The van der Waals surface area contributed by atoms with Gasteiger partial charge in [-0.25, -0.2) is 13.2 Å². The molecule has 0 spiro atoms. The minimum Gasteiger partial charge on any atom is -0.480 e. The smallest absolute Gasteiger partial charge is 0.323 e. The minimum absolute atomic E-state index is 0.106. The van der Waals surface area contributed by atoms with Crippen molar-refractivity contribution < 1.29 is 18.3 Å². The van der Waals surface area contributed by atoms with Gasteiger partial charge < -0.3 is 15.1 Å². The number of carboxylic acid groups (broad SMARTS) is 1. The Kier molecular flexibility index (Phi) is 4.67. The van der Waals surface area contributed by atoms with Gasteiger partial charge in [0.15, 0.2) is 0 Å². The molecule has 136 valence electrons. The number of fused-ring (bicyclic) bond motifs is 1. The van der Waals surface area contributed by atoms with Crippen molar-refractivity contribution in [3.05, 3.63) is 28.7 Å². The number of rotatable bonds is 5. The summed E-state index contributed by atoms with van der Waals surface area (Å²) in [4.78, 5) is 29.6. The molecule has 0 aliphatic carbocycles. The monoisotopic (exact) mass is 368 g/mol. The summed E-state index contributed by atoms with van der Waals surface area (Å²) in [5.74, 6) is -0.888. The summed E-state index contributed by atoms with van der Waals surface area (Å²) >= 11 is 0. The molecule has 0 radical (unpaired) electrons. The lowest BCUT2D eigenvalue weighted by Crippen LogP contribution is -2.53. The van der Waals surface area contributed by atoms with E-state index in [4.69, 9.17) is 0 Å². The van der Waals surface area contributed by atoms with Crippen LogP contribution in [0, 0.1) is 0 Å². The third kappa shape index (κ3) is 3.32. The number of aromatic nitrogens is 2. The predicted octanol–water partition coefficient (Wildman–Crippen LogP) is 0.0257. The largest absolute Gasteiger partial charge is 0.480 e. The van der Waals surface area contributed by atoms with Crippen LogP contribution >= 0.6 is 0 Å². The van der Waals surface area contributed by atoms with Gasteiger partial charge in [0.2, 0.25) is 10.0 Å². The molecule has 0 amide bonds. The maximum atomic E-state index is 12.8. The number of nitrogens with one attached hydrogen (secondary N) is 2. The fraction of sp³-hybridized carbons (Fsp3) is 0.467. The van der Waals surface area contributed by atoms with Gasteiger partial charge in [0, 0.05) is 26.2 Å². The molecule has 2 aromatic rings. The number of H-pyrrole nitrogens is 2. The van der Waals surface area contributed by atoms with E-state index in [2.05, 4.69) is 9.97 Å². The van der Waals surface area contributed by atoms with Gasteiger partial charge in [0.05, 0.1) is 15.9 Å². The summed E-state index contributed by atoms with van der Waals surface area (Å²) in [6.07, 6.45) is 0.472. The second-order valence-electron chi connectivity index (χ2n) is 5.99. The van der Waals surface area contributed by atoms with Gasteiger partial charge >= 0.3 is 11.7 Å². The van der Waals surface area contributed by atoms with E-state index in [0.717, 1.165) is 0 Å². The Morgan fingerprint density at radius 1 is 1.20 bits per heavy atom. The zero-order valence-corrected chi connectivity index (χ0v) is 14.5. The van der Waals surface area contributed by atoms with Crippen molar-refractivity contribution in [3.8, 4) is 0 Å². The van der Waals surface area contributed by atoms with Crippen LogP contribution in [-0.4, -0.2) is 70.9 Å². The quantitative estimate of drug-likeness (QED) is 0.683. The standard InChI is InChI=1S/C15H20N4O5S/c1-2-13(14(20)21)18-5-7-19(8-6-18)25(23,24)10-3-4-11-12(9-10)17-15(22)16-11/h3-4,9,13H,2,5-8H2,1H3,(H,20,21)(H2,16,17,22). The number of benzene rings is 1. The van der Waals surface area contributed by atoms with E-state index in [1.165, 1.54) is 16.4 Å². The van der Waals surface area contributed by atoms with Crippen molar-refractivity contribution >= 4 is 27.0 Å². The van der Waals surface area contributed by atoms with Crippen LogP contribution in [0.3, 0.4) is 0 Å². The van der Waals surface area contributed by atoms with E-state index in [1.54, 1.807) is 17.9 Å². The van der Waals surface area contributed by atoms with E-state index in [-0.39, 0.29) is 18.0 Å². The van der Waals surface area contributed by atoms with Crippen LogP contribution in [0.2, 0.25) is 0 Å². The topological polar surface area (TPSA) is 127 Å². The van der Waals surface area contributed by atoms with E-state index in [1.807, 2.05) is 0 Å². The molecule has 1 saturated heterocycles. The Labute approximate surface area is 144 Å². The van der Waals surface area contributed by atoms with E-state index in [0.29, 0.717) is 30.5 Å². The average Bonchev–Trinajstić information content (AvgIpc) is 2.94. The average molecular weight is 368 g/mol. The summed E-state index contributed by atoms with van der Waals surface area (Å²) in [5.41, 5.74) is 0.583. The van der Waals surface area contributed by atoms with Crippen LogP contribution in [0.1, 0.15) is 13.3 Å². The summed E-state index contributed by atoms with van der Waals surface area (Å²) in [6.45, 7) is 3.00. The maximum Gasteiger partial charge on any atom is 0.323 e. The first kappa shape index (κ1) is 17.6. The van der Waals surface area contributed by atoms with Gasteiger partial charge in [0.25, 0.3) is 0 Å². The van der Waals surface area contributed by atoms with E-state index in [9.17, 15) is 23.1 Å². The summed E-state index contributed by atoms with van der Waals surface area (Å²) in [7, 11) is -3.70. The van der Waals surface area contributed by atoms with Crippen molar-refractivity contribution in [2.75, 3.05) is 26.2 Å². The molecule has 1 aromatic carbocycles. The minimum atomic E-state index is -3.70. The third-order valence-corrected chi connectivity index (χ3v) is 6.41. The second-order valence-corrected chi connectivity index (χ2v) is 7.93. The molecule has 1 fully saturated rings. The molecule has 0 saturated carbocycles. The number of hydrogen-bond acceptors (Lipinski definition) is 5. The molecule has 1 atom stereocenters. The molecule has 25 heavy (non-hydrogen) atoms. The Morgan fingerprint density at radius 2 is 1.84 bits per heavy atom. The maximum absolute atomic E-state index is 12.8.